The van der Waals surface area contributed by atoms with Gasteiger partial charge in [-0.05, 0) is 34.5 Å². The van der Waals surface area contributed by atoms with E-state index in [2.05, 4.69) is 15.9 Å². The Morgan fingerprint density at radius 1 is 1.47 bits per heavy atom. The first-order chi connectivity index (χ1) is 8.00. The first-order valence-electron chi connectivity index (χ1n) is 5.28. The molecule has 0 atom stereocenters. The third-order valence-corrected chi connectivity index (χ3v) is 2.84. The summed E-state index contributed by atoms with van der Waals surface area (Å²) in [6, 6.07) is 4.26. The Balaban J connectivity index is 2.36. The van der Waals surface area contributed by atoms with Gasteiger partial charge in [0.05, 0.1) is 11.1 Å². The second-order valence-corrected chi connectivity index (χ2v) is 4.67. The molecule has 0 aliphatic carbocycles. The van der Waals surface area contributed by atoms with Crippen molar-refractivity contribution >= 4 is 21.8 Å². The highest BCUT2D eigenvalue weighted by atomic mass is 79.9. The van der Waals surface area contributed by atoms with Gasteiger partial charge in [0, 0.05) is 26.6 Å². The molecule has 0 unspecified atom stereocenters. The largest absolute Gasteiger partial charge is 0.492 e. The summed E-state index contributed by atoms with van der Waals surface area (Å²) in [4.78, 5) is 12.8. The van der Waals surface area contributed by atoms with E-state index in [1.54, 1.807) is 20.2 Å². The van der Waals surface area contributed by atoms with Crippen molar-refractivity contribution in [3.63, 3.8) is 0 Å². The lowest BCUT2D eigenvalue weighted by Gasteiger charge is -2.11. The molecular formula is C12H15BrFNO2. The summed E-state index contributed by atoms with van der Waals surface area (Å²) in [5.74, 6) is 0.182. The predicted molar refractivity (Wildman–Crippen MR) is 67.5 cm³/mol. The third kappa shape index (κ3) is 4.73. The lowest BCUT2D eigenvalue weighted by Crippen LogP contribution is -2.21. The van der Waals surface area contributed by atoms with Gasteiger partial charge in [-0.1, -0.05) is 0 Å². The fourth-order valence-electron chi connectivity index (χ4n) is 1.22. The average Bonchev–Trinajstić information content (AvgIpc) is 2.28. The van der Waals surface area contributed by atoms with Crippen LogP contribution in [-0.4, -0.2) is 31.5 Å². The number of carbonyl (C=O) groups is 1. The lowest BCUT2D eigenvalue weighted by molar-refractivity contribution is -0.128. The molecule has 0 aromatic heterocycles. The molecule has 0 spiro atoms. The summed E-state index contributed by atoms with van der Waals surface area (Å²) in [5, 5.41) is 0. The number of ether oxygens (including phenoxy) is 1. The molecule has 3 nitrogen and oxygen atoms in total. The average molecular weight is 304 g/mol. The molecule has 0 saturated carbocycles. The van der Waals surface area contributed by atoms with Crippen LogP contribution in [0.25, 0.3) is 0 Å². The van der Waals surface area contributed by atoms with E-state index in [-0.39, 0.29) is 11.7 Å². The van der Waals surface area contributed by atoms with Gasteiger partial charge in [0.2, 0.25) is 5.91 Å². The van der Waals surface area contributed by atoms with Crippen LogP contribution < -0.4 is 4.74 Å². The van der Waals surface area contributed by atoms with Gasteiger partial charge in [-0.2, -0.15) is 0 Å². The Kier molecular flexibility index (Phi) is 5.41. The van der Waals surface area contributed by atoms with Crippen molar-refractivity contribution in [3.8, 4) is 5.75 Å². The van der Waals surface area contributed by atoms with Crippen molar-refractivity contribution < 1.29 is 13.9 Å². The van der Waals surface area contributed by atoms with Gasteiger partial charge in [-0.3, -0.25) is 4.79 Å². The summed E-state index contributed by atoms with van der Waals surface area (Å²) in [6.07, 6.45) is 1.04. The Hall–Kier alpha value is -1.10. The number of rotatable bonds is 5. The van der Waals surface area contributed by atoms with Gasteiger partial charge in [0.25, 0.3) is 0 Å². The van der Waals surface area contributed by atoms with Crippen LogP contribution in [0.3, 0.4) is 0 Å². The molecule has 0 bridgehead atoms. The van der Waals surface area contributed by atoms with E-state index in [0.29, 0.717) is 29.7 Å². The van der Waals surface area contributed by atoms with Crippen LogP contribution >= 0.6 is 15.9 Å². The van der Waals surface area contributed by atoms with Gasteiger partial charge in [-0.25, -0.2) is 4.39 Å². The molecule has 1 aromatic carbocycles. The fraction of sp³-hybridized carbons (Fsp3) is 0.417. The van der Waals surface area contributed by atoms with E-state index in [1.807, 2.05) is 0 Å². The summed E-state index contributed by atoms with van der Waals surface area (Å²) in [6.45, 7) is 0.391. The Morgan fingerprint density at radius 2 is 2.18 bits per heavy atom. The van der Waals surface area contributed by atoms with Crippen LogP contribution in [0.4, 0.5) is 4.39 Å². The standard InChI is InChI=1S/C12H15BrFNO2/c1-15(2)12(16)4-3-7-17-11-8-9(14)5-6-10(11)13/h5-6,8H,3-4,7H2,1-2H3. The molecule has 0 aliphatic rings. The quantitative estimate of drug-likeness (QED) is 0.783. The molecule has 5 heteroatoms. The number of amides is 1. The van der Waals surface area contributed by atoms with Crippen molar-refractivity contribution in [1.82, 2.24) is 4.90 Å². The van der Waals surface area contributed by atoms with Crippen molar-refractivity contribution in [2.24, 2.45) is 0 Å². The van der Waals surface area contributed by atoms with E-state index in [1.165, 1.54) is 17.0 Å². The highest BCUT2D eigenvalue weighted by Gasteiger charge is 2.05. The fourth-order valence-corrected chi connectivity index (χ4v) is 1.58. The van der Waals surface area contributed by atoms with Gasteiger partial charge in [0.1, 0.15) is 11.6 Å². The van der Waals surface area contributed by atoms with Crippen molar-refractivity contribution in [1.29, 1.82) is 0 Å². The highest BCUT2D eigenvalue weighted by molar-refractivity contribution is 9.10. The molecule has 94 valence electrons. The zero-order valence-electron chi connectivity index (χ0n) is 9.87. The van der Waals surface area contributed by atoms with Crippen LogP contribution in [0.5, 0.6) is 5.75 Å². The van der Waals surface area contributed by atoms with Crippen LogP contribution in [0.15, 0.2) is 22.7 Å². The van der Waals surface area contributed by atoms with Crippen LogP contribution in [0, 0.1) is 5.82 Å². The zero-order valence-corrected chi connectivity index (χ0v) is 11.5. The maximum Gasteiger partial charge on any atom is 0.222 e. The Labute approximate surface area is 109 Å². The smallest absolute Gasteiger partial charge is 0.222 e. The van der Waals surface area contributed by atoms with Crippen molar-refractivity contribution in [3.05, 3.63) is 28.5 Å². The second-order valence-electron chi connectivity index (χ2n) is 3.81. The van der Waals surface area contributed by atoms with Crippen LogP contribution in [0.2, 0.25) is 0 Å². The van der Waals surface area contributed by atoms with Gasteiger partial charge in [-0.15, -0.1) is 0 Å². The Morgan fingerprint density at radius 3 is 2.82 bits per heavy atom. The van der Waals surface area contributed by atoms with Crippen molar-refractivity contribution in [2.75, 3.05) is 20.7 Å². The summed E-state index contributed by atoms with van der Waals surface area (Å²) >= 11 is 3.27. The molecular weight excluding hydrogens is 289 g/mol. The Bertz CT molecular complexity index is 396. The lowest BCUT2D eigenvalue weighted by atomic mass is 10.3. The summed E-state index contributed by atoms with van der Waals surface area (Å²) < 4.78 is 19.0. The van der Waals surface area contributed by atoms with E-state index in [0.717, 1.165) is 0 Å². The molecule has 17 heavy (non-hydrogen) atoms. The topological polar surface area (TPSA) is 29.5 Å². The summed E-state index contributed by atoms with van der Waals surface area (Å²) in [5.41, 5.74) is 0. The molecule has 1 aromatic rings. The maximum atomic E-state index is 12.9. The number of hydrogen-bond donors (Lipinski definition) is 0. The third-order valence-electron chi connectivity index (χ3n) is 2.18. The number of nitrogens with zero attached hydrogens (tertiary/aromatic N) is 1. The minimum absolute atomic E-state index is 0.0620. The monoisotopic (exact) mass is 303 g/mol. The molecule has 0 heterocycles. The normalized spacial score (nSPS) is 10.1. The predicted octanol–water partition coefficient (Wildman–Crippen LogP) is 2.84. The van der Waals surface area contributed by atoms with E-state index >= 15 is 0 Å². The van der Waals surface area contributed by atoms with Gasteiger partial charge in [0.15, 0.2) is 0 Å². The number of halogens is 2. The zero-order chi connectivity index (χ0) is 12.8. The van der Waals surface area contributed by atoms with Gasteiger partial charge < -0.3 is 9.64 Å². The molecule has 1 rings (SSSR count). The van der Waals surface area contributed by atoms with Gasteiger partial charge >= 0.3 is 0 Å². The van der Waals surface area contributed by atoms with Crippen LogP contribution in [0.1, 0.15) is 12.8 Å². The number of carbonyl (C=O) groups excluding carboxylic acids is 1. The molecule has 0 fully saturated rings. The molecule has 0 saturated heterocycles. The van der Waals surface area contributed by atoms with Crippen LogP contribution in [-0.2, 0) is 4.79 Å². The number of hydrogen-bond acceptors (Lipinski definition) is 2. The second kappa shape index (κ2) is 6.59. The molecule has 0 aliphatic heterocycles. The van der Waals surface area contributed by atoms with E-state index in [4.69, 9.17) is 4.74 Å². The number of benzene rings is 1. The van der Waals surface area contributed by atoms with E-state index < -0.39 is 0 Å². The molecule has 0 N–H and O–H groups in total. The first-order valence-corrected chi connectivity index (χ1v) is 6.08. The first kappa shape index (κ1) is 14.0. The SMILES string of the molecule is CN(C)C(=O)CCCOc1cc(F)ccc1Br. The van der Waals surface area contributed by atoms with Crippen molar-refractivity contribution in [2.45, 2.75) is 12.8 Å². The molecule has 0 radical (unpaired) electrons. The minimum atomic E-state index is -0.340. The maximum absolute atomic E-state index is 12.9. The van der Waals surface area contributed by atoms with E-state index in [9.17, 15) is 9.18 Å². The molecule has 1 amide bonds. The summed E-state index contributed by atoms with van der Waals surface area (Å²) in [7, 11) is 3.43. The minimum Gasteiger partial charge on any atom is -0.492 e. The highest BCUT2D eigenvalue weighted by Crippen LogP contribution is 2.25.